The fourth-order valence-corrected chi connectivity index (χ4v) is 3.98. The number of fused-ring (bicyclic) bond motifs is 1. The normalized spacial score (nSPS) is 23.6. The quantitative estimate of drug-likeness (QED) is 0.597. The average Bonchev–Trinajstić information content (AvgIpc) is 3.36. The van der Waals surface area contributed by atoms with Gasteiger partial charge in [-0.05, 0) is 25.0 Å². The second-order valence-corrected chi connectivity index (χ2v) is 7.85. The first kappa shape index (κ1) is 18.1. The van der Waals surface area contributed by atoms with E-state index in [1.165, 1.54) is 6.20 Å². The summed E-state index contributed by atoms with van der Waals surface area (Å²) in [7, 11) is 0. The van der Waals surface area contributed by atoms with Gasteiger partial charge in [0.1, 0.15) is 0 Å². The molecular weight excluding hydrogens is 354 g/mol. The molecule has 8 nitrogen and oxygen atoms in total. The number of amides is 1. The van der Waals surface area contributed by atoms with Crippen LogP contribution >= 0.6 is 0 Å². The Balaban J connectivity index is 1.82. The van der Waals surface area contributed by atoms with E-state index in [1.807, 2.05) is 38.4 Å². The van der Waals surface area contributed by atoms with Crippen LogP contribution in [0.25, 0.3) is 11.2 Å². The number of terminal acetylenes is 1. The maximum atomic E-state index is 12.1. The first-order chi connectivity index (χ1) is 13.3. The molecule has 0 aromatic carbocycles. The van der Waals surface area contributed by atoms with Crippen molar-refractivity contribution in [2.75, 3.05) is 5.32 Å². The van der Waals surface area contributed by atoms with Crippen molar-refractivity contribution in [2.24, 2.45) is 16.9 Å². The van der Waals surface area contributed by atoms with Crippen LogP contribution in [-0.2, 0) is 0 Å². The van der Waals surface area contributed by atoms with Crippen molar-refractivity contribution in [3.8, 4) is 18.0 Å². The second kappa shape index (κ2) is 6.11. The predicted molar refractivity (Wildman–Crippen MR) is 107 cm³/mol. The van der Waals surface area contributed by atoms with Gasteiger partial charge in [0.05, 0.1) is 40.4 Å². The maximum absolute atomic E-state index is 12.1. The lowest BCUT2D eigenvalue weighted by Crippen LogP contribution is -2.52. The van der Waals surface area contributed by atoms with Crippen molar-refractivity contribution in [2.45, 2.75) is 38.3 Å². The Labute approximate surface area is 162 Å². The number of hydrogen-bond acceptors (Lipinski definition) is 5. The molecule has 3 aromatic heterocycles. The molecule has 1 aliphatic carbocycles. The largest absolute Gasteiger partial charge is 0.379 e. The average molecular weight is 377 g/mol. The van der Waals surface area contributed by atoms with Crippen LogP contribution in [0, 0.1) is 17.8 Å². The highest BCUT2D eigenvalue weighted by Crippen LogP contribution is 2.46. The zero-order valence-electron chi connectivity index (χ0n) is 15.9. The first-order valence-electron chi connectivity index (χ1n) is 9.11. The number of nitrogens with two attached hydrogens (primary N) is 2. The Morgan fingerprint density at radius 3 is 2.82 bits per heavy atom. The van der Waals surface area contributed by atoms with Crippen molar-refractivity contribution in [3.05, 3.63) is 42.5 Å². The Kier molecular flexibility index (Phi) is 3.94. The fourth-order valence-electron chi connectivity index (χ4n) is 3.98. The van der Waals surface area contributed by atoms with Gasteiger partial charge in [0.15, 0.2) is 0 Å². The number of nitrogens with one attached hydrogen (secondary N) is 1. The number of anilines is 1. The van der Waals surface area contributed by atoms with Crippen LogP contribution in [0.15, 0.2) is 36.9 Å². The van der Waals surface area contributed by atoms with Gasteiger partial charge in [-0.2, -0.15) is 10.2 Å². The van der Waals surface area contributed by atoms with E-state index in [4.69, 9.17) is 17.9 Å². The van der Waals surface area contributed by atoms with E-state index in [9.17, 15) is 4.79 Å². The third-order valence-electron chi connectivity index (χ3n) is 6.08. The lowest BCUT2D eigenvalue weighted by molar-refractivity contribution is 0.100. The van der Waals surface area contributed by atoms with Crippen molar-refractivity contribution < 1.29 is 4.79 Å². The third kappa shape index (κ3) is 2.55. The number of carbonyl (C=O) groups excluding carboxylic acids is 1. The van der Waals surface area contributed by atoms with E-state index in [0.717, 1.165) is 17.6 Å². The molecule has 3 aromatic rings. The monoisotopic (exact) mass is 377 g/mol. The topological polar surface area (TPSA) is 116 Å². The lowest BCUT2D eigenvalue weighted by Gasteiger charge is -2.38. The minimum Gasteiger partial charge on any atom is -0.379 e. The number of hydrogen-bond donors (Lipinski definition) is 3. The summed E-state index contributed by atoms with van der Waals surface area (Å²) in [4.78, 5) is 12.1. The SMILES string of the molecule is C#C[C@]1(N)CC[C@@H](Nc2c(C(N)=O)cnn3cc(-n4cccn4)cc23)C1(C)C. The first-order valence-corrected chi connectivity index (χ1v) is 9.11. The van der Waals surface area contributed by atoms with Crippen LogP contribution in [0.1, 0.15) is 37.0 Å². The van der Waals surface area contributed by atoms with Gasteiger partial charge in [0, 0.05) is 23.9 Å². The molecule has 5 N–H and O–H groups in total. The van der Waals surface area contributed by atoms with Crippen molar-refractivity contribution in [3.63, 3.8) is 0 Å². The van der Waals surface area contributed by atoms with Crippen LogP contribution in [0.2, 0.25) is 0 Å². The summed E-state index contributed by atoms with van der Waals surface area (Å²) >= 11 is 0. The lowest BCUT2D eigenvalue weighted by atomic mass is 9.74. The molecule has 0 aliphatic heterocycles. The molecule has 0 saturated heterocycles. The highest BCUT2D eigenvalue weighted by molar-refractivity contribution is 6.02. The number of primary amides is 1. The van der Waals surface area contributed by atoms with E-state index in [1.54, 1.807) is 15.4 Å². The molecule has 0 radical (unpaired) electrons. The van der Waals surface area contributed by atoms with Crippen LogP contribution in [0.4, 0.5) is 5.69 Å². The zero-order chi connectivity index (χ0) is 20.1. The molecule has 4 rings (SSSR count). The Morgan fingerprint density at radius 1 is 1.43 bits per heavy atom. The number of carbonyl (C=O) groups is 1. The summed E-state index contributed by atoms with van der Waals surface area (Å²) in [6.07, 6.45) is 14.1. The van der Waals surface area contributed by atoms with Gasteiger partial charge in [0.25, 0.3) is 5.91 Å². The molecule has 1 amide bonds. The number of aromatic nitrogens is 4. The van der Waals surface area contributed by atoms with Crippen LogP contribution in [-0.4, -0.2) is 36.9 Å². The van der Waals surface area contributed by atoms with Gasteiger partial charge in [-0.15, -0.1) is 6.42 Å². The smallest absolute Gasteiger partial charge is 0.252 e. The molecule has 0 unspecified atom stereocenters. The molecule has 1 fully saturated rings. The van der Waals surface area contributed by atoms with E-state index in [-0.39, 0.29) is 11.5 Å². The molecule has 3 heterocycles. The molecule has 1 saturated carbocycles. The molecule has 0 spiro atoms. The minimum atomic E-state index is -0.719. The minimum absolute atomic E-state index is 0.0269. The second-order valence-electron chi connectivity index (χ2n) is 7.85. The third-order valence-corrected chi connectivity index (χ3v) is 6.08. The van der Waals surface area contributed by atoms with Gasteiger partial charge in [0.2, 0.25) is 0 Å². The van der Waals surface area contributed by atoms with Gasteiger partial charge in [-0.3, -0.25) is 4.79 Å². The summed E-state index contributed by atoms with van der Waals surface area (Å²) in [5, 5.41) is 12.1. The highest BCUT2D eigenvalue weighted by atomic mass is 16.1. The van der Waals surface area contributed by atoms with E-state index in [0.29, 0.717) is 17.7 Å². The van der Waals surface area contributed by atoms with E-state index in [2.05, 4.69) is 21.4 Å². The molecule has 8 heteroatoms. The Bertz CT molecular complexity index is 1090. The predicted octanol–water partition coefficient (Wildman–Crippen LogP) is 1.55. The van der Waals surface area contributed by atoms with Crippen LogP contribution in [0.3, 0.4) is 0 Å². The van der Waals surface area contributed by atoms with Crippen molar-refractivity contribution in [1.29, 1.82) is 0 Å². The summed E-state index contributed by atoms with van der Waals surface area (Å²) in [5.41, 5.74) is 13.5. The summed E-state index contributed by atoms with van der Waals surface area (Å²) in [5.74, 6) is 2.21. The standard InChI is InChI=1S/C20H23N7O/c1-4-20(22)7-6-16(19(20,2)3)25-17-14(18(21)28)11-24-27-12-13(10-15(17)27)26-9-5-8-23-26/h1,5,8-12,16,25H,6-7,22H2,2-3H3,(H2,21,28)/t16-,20+/m1/s1. The van der Waals surface area contributed by atoms with E-state index >= 15 is 0 Å². The highest BCUT2D eigenvalue weighted by Gasteiger charge is 2.51. The van der Waals surface area contributed by atoms with Gasteiger partial charge in [-0.1, -0.05) is 19.8 Å². The molecule has 28 heavy (non-hydrogen) atoms. The summed E-state index contributed by atoms with van der Waals surface area (Å²) in [6, 6.07) is 3.72. The Morgan fingerprint density at radius 2 is 2.21 bits per heavy atom. The van der Waals surface area contributed by atoms with E-state index < -0.39 is 11.4 Å². The Hall–Kier alpha value is -3.31. The summed E-state index contributed by atoms with van der Waals surface area (Å²) in [6.45, 7) is 4.10. The number of nitrogens with zero attached hydrogens (tertiary/aromatic N) is 4. The van der Waals surface area contributed by atoms with Gasteiger partial charge in [-0.25, -0.2) is 9.20 Å². The van der Waals surface area contributed by atoms with Crippen molar-refractivity contribution >= 4 is 17.1 Å². The number of rotatable bonds is 4. The fraction of sp³-hybridized carbons (Fsp3) is 0.350. The molecule has 1 aliphatic rings. The molecule has 144 valence electrons. The van der Waals surface area contributed by atoms with Crippen molar-refractivity contribution in [1.82, 2.24) is 19.4 Å². The van der Waals surface area contributed by atoms with Gasteiger partial charge >= 0.3 is 0 Å². The van der Waals surface area contributed by atoms with Gasteiger partial charge < -0.3 is 16.8 Å². The van der Waals surface area contributed by atoms with Crippen LogP contribution in [0.5, 0.6) is 0 Å². The zero-order valence-corrected chi connectivity index (χ0v) is 15.9. The maximum Gasteiger partial charge on any atom is 0.252 e. The molecule has 0 bridgehead atoms. The molecule has 2 atom stereocenters. The van der Waals surface area contributed by atoms with Crippen LogP contribution < -0.4 is 16.8 Å². The summed E-state index contributed by atoms with van der Waals surface area (Å²) < 4.78 is 3.43. The molecular formula is C20H23N7O.